The highest BCUT2D eigenvalue weighted by Crippen LogP contribution is 2.50. The van der Waals surface area contributed by atoms with Gasteiger partial charge in [0.2, 0.25) is 0 Å². The maximum atomic E-state index is 6.00. The van der Waals surface area contributed by atoms with E-state index < -0.39 is 0 Å². The zero-order valence-corrected chi connectivity index (χ0v) is 25.3. The molecular formula is C26H42O4S4. The average molecular weight is 547 g/mol. The Kier molecular flexibility index (Phi) is 13.5. The van der Waals surface area contributed by atoms with E-state index in [4.69, 9.17) is 18.9 Å². The maximum Gasteiger partial charge on any atom is 0.185 e. The molecule has 0 saturated carbocycles. The van der Waals surface area contributed by atoms with Gasteiger partial charge >= 0.3 is 0 Å². The van der Waals surface area contributed by atoms with Crippen LogP contribution in [-0.2, 0) is 24.4 Å². The lowest BCUT2D eigenvalue weighted by Crippen LogP contribution is -2.20. The number of ether oxygens (including phenoxy) is 4. The predicted molar refractivity (Wildman–Crippen MR) is 150 cm³/mol. The molecule has 2 rings (SSSR count). The summed E-state index contributed by atoms with van der Waals surface area (Å²) >= 11 is 7.53. The highest BCUT2D eigenvalue weighted by molar-refractivity contribution is 8.01. The first-order valence-corrected chi connectivity index (χ1v) is 16.0. The molecule has 2 heterocycles. The van der Waals surface area contributed by atoms with Crippen molar-refractivity contribution in [2.45, 2.75) is 88.2 Å². The van der Waals surface area contributed by atoms with Gasteiger partial charge < -0.3 is 18.9 Å². The average Bonchev–Trinajstić information content (AvgIpc) is 3.44. The van der Waals surface area contributed by atoms with Crippen LogP contribution in [0.4, 0.5) is 0 Å². The van der Waals surface area contributed by atoms with E-state index in [0.717, 1.165) is 29.1 Å². The van der Waals surface area contributed by atoms with Crippen molar-refractivity contribution >= 4 is 46.2 Å². The summed E-state index contributed by atoms with van der Waals surface area (Å²) in [6.45, 7) is 19.6. The first-order chi connectivity index (χ1) is 16.4. The van der Waals surface area contributed by atoms with Crippen LogP contribution in [0.15, 0.2) is 20.6 Å². The first kappa shape index (κ1) is 30.2. The van der Waals surface area contributed by atoms with E-state index in [9.17, 15) is 0 Å². The monoisotopic (exact) mass is 546 g/mol. The van der Waals surface area contributed by atoms with E-state index in [-0.39, 0.29) is 18.0 Å². The minimum absolute atomic E-state index is 0.107. The number of hydrogen-bond acceptors (Lipinski definition) is 8. The lowest BCUT2D eigenvalue weighted by atomic mass is 9.83. The van der Waals surface area contributed by atoms with Crippen molar-refractivity contribution in [1.82, 2.24) is 0 Å². The number of hydrogen-bond donors (Lipinski definition) is 0. The molecule has 0 N–H and O–H groups in total. The van der Waals surface area contributed by atoms with Crippen LogP contribution in [0.2, 0.25) is 0 Å². The van der Waals surface area contributed by atoms with Crippen LogP contribution < -0.4 is 0 Å². The third kappa shape index (κ3) is 7.25. The third-order valence-corrected chi connectivity index (χ3v) is 10.8. The van der Waals surface area contributed by atoms with Gasteiger partial charge in [-0.15, -0.1) is 46.2 Å². The smallest absolute Gasteiger partial charge is 0.185 e. The van der Waals surface area contributed by atoms with Crippen molar-refractivity contribution in [2.75, 3.05) is 37.9 Å². The van der Waals surface area contributed by atoms with Crippen molar-refractivity contribution in [3.8, 4) is 0 Å². The molecule has 0 bridgehead atoms. The standard InChI is InChI=1S/C26H42O4S4/c1-9-26(8,20-16-18(24(33-20)31-14-6)22(27-10-2)28-11-3)21-17-19(25(34-21)32-15-7)23(29-12-4)30-13-5/h16-17,22-23H,9-15H2,1-8H3. The predicted octanol–water partition coefficient (Wildman–Crippen LogP) is 8.89. The zero-order chi connectivity index (χ0) is 25.1. The van der Waals surface area contributed by atoms with Gasteiger partial charge in [0.05, 0.1) is 8.42 Å². The number of thioether (sulfide) groups is 2. The molecule has 0 unspecified atom stereocenters. The second-order valence-corrected chi connectivity index (χ2v) is 12.9. The largest absolute Gasteiger partial charge is 0.349 e. The molecule has 0 aliphatic heterocycles. The summed E-state index contributed by atoms with van der Waals surface area (Å²) in [7, 11) is 0. The van der Waals surface area contributed by atoms with Crippen LogP contribution in [0.1, 0.15) is 95.3 Å². The van der Waals surface area contributed by atoms with Gasteiger partial charge in [-0.1, -0.05) is 20.8 Å². The van der Waals surface area contributed by atoms with Crippen molar-refractivity contribution in [1.29, 1.82) is 0 Å². The van der Waals surface area contributed by atoms with Crippen molar-refractivity contribution < 1.29 is 18.9 Å². The molecular weight excluding hydrogens is 505 g/mol. The van der Waals surface area contributed by atoms with Crippen LogP contribution in [0.25, 0.3) is 0 Å². The third-order valence-electron chi connectivity index (χ3n) is 5.58. The molecule has 0 aliphatic carbocycles. The van der Waals surface area contributed by atoms with Gasteiger partial charge in [0.15, 0.2) is 12.6 Å². The Morgan fingerprint density at radius 2 is 1.03 bits per heavy atom. The van der Waals surface area contributed by atoms with Crippen LogP contribution in [0, 0.1) is 0 Å². The molecule has 0 fully saturated rings. The minimum atomic E-state index is -0.319. The second kappa shape index (κ2) is 15.3. The second-order valence-electron chi connectivity index (χ2n) is 7.74. The van der Waals surface area contributed by atoms with E-state index in [1.54, 1.807) is 0 Å². The Bertz CT molecular complexity index is 772. The minimum Gasteiger partial charge on any atom is -0.349 e. The summed E-state index contributed by atoms with van der Waals surface area (Å²) in [4.78, 5) is 2.71. The maximum absolute atomic E-state index is 6.00. The molecule has 34 heavy (non-hydrogen) atoms. The molecule has 0 atom stereocenters. The number of rotatable bonds is 17. The quantitative estimate of drug-likeness (QED) is 0.146. The summed E-state index contributed by atoms with van der Waals surface area (Å²) in [5, 5.41) is 0. The fourth-order valence-corrected chi connectivity index (χ4v) is 8.89. The Morgan fingerprint density at radius 1 is 0.676 bits per heavy atom. The Hall–Kier alpha value is -0.0600. The van der Waals surface area contributed by atoms with Crippen LogP contribution in [-0.4, -0.2) is 37.9 Å². The molecule has 0 aromatic carbocycles. The molecule has 2 aromatic rings. The molecule has 0 saturated heterocycles. The molecule has 0 aliphatic rings. The normalized spacial score (nSPS) is 12.4. The molecule has 0 amide bonds. The molecule has 0 spiro atoms. The van der Waals surface area contributed by atoms with Crippen molar-refractivity contribution in [3.63, 3.8) is 0 Å². The van der Waals surface area contributed by atoms with E-state index in [0.29, 0.717) is 26.4 Å². The van der Waals surface area contributed by atoms with E-state index >= 15 is 0 Å². The van der Waals surface area contributed by atoms with Gasteiger partial charge in [0, 0.05) is 52.7 Å². The highest BCUT2D eigenvalue weighted by atomic mass is 32.2. The molecule has 4 nitrogen and oxygen atoms in total. The summed E-state index contributed by atoms with van der Waals surface area (Å²) in [6, 6.07) is 4.66. The van der Waals surface area contributed by atoms with Crippen molar-refractivity contribution in [3.05, 3.63) is 33.0 Å². The van der Waals surface area contributed by atoms with E-state index in [1.807, 2.05) is 73.9 Å². The topological polar surface area (TPSA) is 36.9 Å². The van der Waals surface area contributed by atoms with Gasteiger partial charge in [-0.05, 0) is 64.7 Å². The lowest BCUT2D eigenvalue weighted by Gasteiger charge is -2.26. The SMILES string of the molecule is CCOC(OCC)c1cc(C(C)(CC)c2cc(C(OCC)OCC)c(SCC)s2)sc1SCC. The first-order valence-electron chi connectivity index (χ1n) is 12.4. The van der Waals surface area contributed by atoms with E-state index in [2.05, 4.69) is 39.8 Å². The summed E-state index contributed by atoms with van der Waals surface area (Å²) < 4.78 is 26.6. The Labute approximate surface area is 223 Å². The zero-order valence-electron chi connectivity index (χ0n) is 22.0. The lowest BCUT2D eigenvalue weighted by molar-refractivity contribution is -0.141. The summed E-state index contributed by atoms with van der Waals surface area (Å²) in [5.74, 6) is 2.04. The summed E-state index contributed by atoms with van der Waals surface area (Å²) in [5.41, 5.74) is 2.22. The van der Waals surface area contributed by atoms with Crippen molar-refractivity contribution in [2.24, 2.45) is 0 Å². The van der Waals surface area contributed by atoms with Gasteiger partial charge in [0.1, 0.15) is 0 Å². The van der Waals surface area contributed by atoms with Gasteiger partial charge in [-0.2, -0.15) is 0 Å². The number of thiophene rings is 2. The van der Waals surface area contributed by atoms with Gasteiger partial charge in [0.25, 0.3) is 0 Å². The highest BCUT2D eigenvalue weighted by Gasteiger charge is 2.35. The van der Waals surface area contributed by atoms with Gasteiger partial charge in [-0.3, -0.25) is 0 Å². The fraction of sp³-hybridized carbons (Fsp3) is 0.692. The molecule has 0 radical (unpaired) electrons. The van der Waals surface area contributed by atoms with Crippen LogP contribution >= 0.6 is 46.2 Å². The van der Waals surface area contributed by atoms with Gasteiger partial charge in [-0.25, -0.2) is 0 Å². The molecule has 2 aromatic heterocycles. The fourth-order valence-electron chi connectivity index (χ4n) is 3.67. The molecule has 8 heteroatoms. The van der Waals surface area contributed by atoms with E-state index in [1.165, 1.54) is 18.2 Å². The van der Waals surface area contributed by atoms with Crippen LogP contribution in [0.5, 0.6) is 0 Å². The molecule has 194 valence electrons. The Balaban J connectivity index is 2.58. The Morgan fingerprint density at radius 3 is 1.29 bits per heavy atom. The van der Waals surface area contributed by atoms with Crippen LogP contribution in [0.3, 0.4) is 0 Å². The summed E-state index contributed by atoms with van der Waals surface area (Å²) in [6.07, 6.45) is 0.363.